The van der Waals surface area contributed by atoms with E-state index in [1.807, 2.05) is 50.2 Å². The highest BCUT2D eigenvalue weighted by atomic mass is 32.1. The highest BCUT2D eigenvalue weighted by Crippen LogP contribution is 2.33. The second-order valence-electron chi connectivity index (χ2n) is 9.54. The SMILES string of the molecule is C=C(C/C=C/C(=C)C1=CC=CCC1c1nn[nH]n1)Cn1c(CCCC)nc(C)c(CC(=S)N(C)C)c1=O. The van der Waals surface area contributed by atoms with Crippen LogP contribution in [0, 0.1) is 6.92 Å². The van der Waals surface area contributed by atoms with Crippen LogP contribution in [0.4, 0.5) is 0 Å². The van der Waals surface area contributed by atoms with E-state index in [-0.39, 0.29) is 11.5 Å². The maximum absolute atomic E-state index is 13.5. The number of unbranched alkanes of at least 4 members (excludes halogenated alkanes) is 1. The summed E-state index contributed by atoms with van der Waals surface area (Å²) in [4.78, 5) is 20.9. The van der Waals surface area contributed by atoms with Crippen molar-refractivity contribution in [3.05, 3.63) is 93.5 Å². The van der Waals surface area contributed by atoms with Gasteiger partial charge in [0.25, 0.3) is 5.56 Å². The summed E-state index contributed by atoms with van der Waals surface area (Å²) in [5.41, 5.74) is 4.25. The number of tetrazole rings is 1. The van der Waals surface area contributed by atoms with Crippen LogP contribution in [0.3, 0.4) is 0 Å². The van der Waals surface area contributed by atoms with Crippen molar-refractivity contribution in [3.63, 3.8) is 0 Å². The van der Waals surface area contributed by atoms with Gasteiger partial charge >= 0.3 is 0 Å². The summed E-state index contributed by atoms with van der Waals surface area (Å²) >= 11 is 5.48. The number of hydrogen-bond acceptors (Lipinski definition) is 6. The predicted octanol–water partition coefficient (Wildman–Crippen LogP) is 4.57. The monoisotopic (exact) mass is 519 g/mol. The lowest BCUT2D eigenvalue weighted by Crippen LogP contribution is -2.33. The van der Waals surface area contributed by atoms with Crippen molar-refractivity contribution in [1.29, 1.82) is 0 Å². The van der Waals surface area contributed by atoms with Crippen LogP contribution in [0.25, 0.3) is 0 Å². The zero-order valence-electron chi connectivity index (χ0n) is 22.3. The Morgan fingerprint density at radius 1 is 1.35 bits per heavy atom. The molecule has 8 nitrogen and oxygen atoms in total. The molecule has 0 radical (unpaired) electrons. The number of thiocarbonyl (C=S) groups is 1. The number of H-pyrrole nitrogens is 1. The first-order valence-corrected chi connectivity index (χ1v) is 13.1. The number of likely N-dealkylation sites (N-methyl/N-ethyl adjacent to an activating group) is 1. The van der Waals surface area contributed by atoms with E-state index >= 15 is 0 Å². The molecule has 0 saturated carbocycles. The lowest BCUT2D eigenvalue weighted by Gasteiger charge is -2.19. The predicted molar refractivity (Wildman–Crippen MR) is 153 cm³/mol. The molecule has 2 aromatic rings. The highest BCUT2D eigenvalue weighted by molar-refractivity contribution is 7.80. The summed E-state index contributed by atoms with van der Waals surface area (Å²) < 4.78 is 1.78. The first-order chi connectivity index (χ1) is 17.7. The minimum Gasteiger partial charge on any atom is -0.372 e. The van der Waals surface area contributed by atoms with E-state index in [4.69, 9.17) is 17.2 Å². The van der Waals surface area contributed by atoms with Gasteiger partial charge in [-0.25, -0.2) is 4.98 Å². The molecule has 3 rings (SSSR count). The van der Waals surface area contributed by atoms with Crippen molar-refractivity contribution in [2.45, 2.75) is 64.8 Å². The average molecular weight is 520 g/mol. The summed E-state index contributed by atoms with van der Waals surface area (Å²) in [6, 6.07) is 0. The molecule has 1 aliphatic carbocycles. The van der Waals surface area contributed by atoms with Crippen LogP contribution in [-0.4, -0.2) is 54.2 Å². The standard InChI is InChI=1S/C28H37N7OS/c1-7-8-16-25-29-21(4)24(17-26(37)34(5)6)28(36)35(25)18-19(2)12-11-13-20(3)22-14-9-10-15-23(22)27-30-32-33-31-27/h9-11,13-14,23H,2-3,7-8,12,15-18H2,1,4-6H3,(H,30,31,32,33)/b13-11+. The second-order valence-corrected chi connectivity index (χ2v) is 10.0. The molecule has 0 spiro atoms. The molecule has 0 saturated heterocycles. The average Bonchev–Trinajstić information content (AvgIpc) is 3.42. The first-order valence-electron chi connectivity index (χ1n) is 12.6. The molecule has 37 heavy (non-hydrogen) atoms. The molecular formula is C28H37N7OS. The van der Waals surface area contributed by atoms with Crippen LogP contribution in [0.15, 0.2) is 65.1 Å². The second kappa shape index (κ2) is 13.2. The zero-order chi connectivity index (χ0) is 26.9. The Labute approximate surface area is 224 Å². The maximum Gasteiger partial charge on any atom is 0.257 e. The number of nitrogens with zero attached hydrogens (tertiary/aromatic N) is 6. The minimum atomic E-state index is -0.0283. The summed E-state index contributed by atoms with van der Waals surface area (Å²) in [6.45, 7) is 13.0. The van der Waals surface area contributed by atoms with Gasteiger partial charge in [-0.05, 0) is 37.3 Å². The van der Waals surface area contributed by atoms with Gasteiger partial charge in [0.1, 0.15) is 5.82 Å². The Balaban J connectivity index is 1.75. The molecule has 2 heterocycles. The summed E-state index contributed by atoms with van der Waals surface area (Å²) in [5, 5.41) is 14.5. The third-order valence-corrected chi connectivity index (χ3v) is 6.95. The normalized spacial score (nSPS) is 15.1. The van der Waals surface area contributed by atoms with E-state index in [1.165, 1.54) is 0 Å². The van der Waals surface area contributed by atoms with Crippen molar-refractivity contribution in [3.8, 4) is 0 Å². The molecule has 1 N–H and O–H groups in total. The molecule has 1 atom stereocenters. The Morgan fingerprint density at radius 2 is 2.14 bits per heavy atom. The molecule has 196 valence electrons. The fourth-order valence-corrected chi connectivity index (χ4v) is 4.38. The van der Waals surface area contributed by atoms with Crippen molar-refractivity contribution >= 4 is 17.2 Å². The summed E-state index contributed by atoms with van der Waals surface area (Å²) in [7, 11) is 3.79. The van der Waals surface area contributed by atoms with Gasteiger partial charge in [-0.3, -0.25) is 9.36 Å². The molecule has 0 aromatic carbocycles. The smallest absolute Gasteiger partial charge is 0.257 e. The molecule has 1 aliphatic rings. The zero-order valence-corrected chi connectivity index (χ0v) is 23.1. The highest BCUT2D eigenvalue weighted by Gasteiger charge is 2.22. The van der Waals surface area contributed by atoms with Gasteiger partial charge in [0.15, 0.2) is 5.82 Å². The van der Waals surface area contributed by atoms with Crippen molar-refractivity contribution < 1.29 is 0 Å². The fourth-order valence-electron chi connectivity index (χ4n) is 4.23. The van der Waals surface area contributed by atoms with E-state index in [1.54, 1.807) is 4.57 Å². The molecule has 0 fully saturated rings. The number of nitrogens with one attached hydrogen (secondary N) is 1. The van der Waals surface area contributed by atoms with Gasteiger partial charge in [-0.2, -0.15) is 5.21 Å². The largest absolute Gasteiger partial charge is 0.372 e. The van der Waals surface area contributed by atoms with Crippen LogP contribution < -0.4 is 5.56 Å². The molecule has 2 aromatic heterocycles. The fraction of sp³-hybridized carbons (Fsp3) is 0.429. The van der Waals surface area contributed by atoms with Gasteiger partial charge < -0.3 is 4.90 Å². The van der Waals surface area contributed by atoms with Crippen LogP contribution in [0.5, 0.6) is 0 Å². The Bertz CT molecular complexity index is 1280. The van der Waals surface area contributed by atoms with E-state index < -0.39 is 0 Å². The van der Waals surface area contributed by atoms with Crippen LogP contribution in [0.1, 0.15) is 61.4 Å². The molecule has 1 unspecified atom stereocenters. The van der Waals surface area contributed by atoms with Gasteiger partial charge in [-0.1, -0.05) is 79.9 Å². The van der Waals surface area contributed by atoms with Gasteiger partial charge in [0.2, 0.25) is 0 Å². The van der Waals surface area contributed by atoms with Crippen LogP contribution in [-0.2, 0) is 19.4 Å². The number of rotatable bonds is 12. The first kappa shape index (κ1) is 28.1. The molecular weight excluding hydrogens is 482 g/mol. The molecule has 0 aliphatic heterocycles. The lowest BCUT2D eigenvalue weighted by molar-refractivity contribution is 0.606. The van der Waals surface area contributed by atoms with Gasteiger partial charge in [0, 0.05) is 44.7 Å². The number of hydrogen-bond donors (Lipinski definition) is 1. The Morgan fingerprint density at radius 3 is 2.81 bits per heavy atom. The van der Waals surface area contributed by atoms with Crippen LogP contribution in [0.2, 0.25) is 0 Å². The summed E-state index contributed by atoms with van der Waals surface area (Å²) in [6.07, 6.45) is 14.8. The van der Waals surface area contributed by atoms with Crippen molar-refractivity contribution in [1.82, 2.24) is 35.1 Å². The third-order valence-electron chi connectivity index (χ3n) is 6.44. The lowest BCUT2D eigenvalue weighted by atomic mass is 9.86. The molecule has 9 heteroatoms. The van der Waals surface area contributed by atoms with E-state index in [0.29, 0.717) is 35.8 Å². The van der Waals surface area contributed by atoms with Crippen LogP contribution >= 0.6 is 12.2 Å². The third kappa shape index (κ3) is 7.29. The topological polar surface area (TPSA) is 92.6 Å². The van der Waals surface area contributed by atoms with Gasteiger partial charge in [0.05, 0.1) is 10.9 Å². The van der Waals surface area contributed by atoms with E-state index in [0.717, 1.165) is 53.9 Å². The molecule has 0 bridgehead atoms. The Hall–Kier alpha value is -3.46. The summed E-state index contributed by atoms with van der Waals surface area (Å²) in [5.74, 6) is 1.49. The van der Waals surface area contributed by atoms with Crippen molar-refractivity contribution in [2.75, 3.05) is 14.1 Å². The quantitative estimate of drug-likeness (QED) is 0.249. The Kier molecular flexibility index (Phi) is 10.0. The number of allylic oxidation sites excluding steroid dienone is 8. The van der Waals surface area contributed by atoms with E-state index in [2.05, 4.69) is 46.8 Å². The molecule has 0 amide bonds. The van der Waals surface area contributed by atoms with Crippen molar-refractivity contribution in [2.24, 2.45) is 0 Å². The maximum atomic E-state index is 13.5. The number of aryl methyl sites for hydroxylation is 2. The van der Waals surface area contributed by atoms with Gasteiger partial charge in [-0.15, -0.1) is 10.2 Å². The van der Waals surface area contributed by atoms with E-state index in [9.17, 15) is 4.79 Å². The number of aromatic amines is 1. The minimum absolute atomic E-state index is 0.0223. The number of aromatic nitrogens is 6.